The van der Waals surface area contributed by atoms with Gasteiger partial charge in [0, 0.05) is 18.6 Å². The quantitative estimate of drug-likeness (QED) is 0.676. The molecule has 1 atom stereocenters. The highest BCUT2D eigenvalue weighted by Crippen LogP contribution is 2.29. The molecule has 0 saturated heterocycles. The van der Waals surface area contributed by atoms with Gasteiger partial charge in [-0.15, -0.1) is 0 Å². The second kappa shape index (κ2) is 6.63. The highest BCUT2D eigenvalue weighted by Gasteiger charge is 2.29. The number of halogens is 1. The van der Waals surface area contributed by atoms with Crippen LogP contribution in [0.15, 0.2) is 39.0 Å². The molecule has 1 aliphatic rings. The van der Waals surface area contributed by atoms with Crippen molar-refractivity contribution < 1.29 is 0 Å². The zero-order valence-electron chi connectivity index (χ0n) is 16.2. The van der Waals surface area contributed by atoms with E-state index in [4.69, 9.17) is 11.6 Å². The first-order valence-electron chi connectivity index (χ1n) is 9.12. The number of anilines is 1. The molecule has 8 nitrogen and oxygen atoms in total. The number of benzene rings is 1. The zero-order chi connectivity index (χ0) is 20.2. The van der Waals surface area contributed by atoms with Crippen LogP contribution in [0.5, 0.6) is 0 Å². The molecular weight excluding hydrogens is 380 g/mol. The minimum Gasteiger partial charge on any atom is -0.294 e. The van der Waals surface area contributed by atoms with Crippen molar-refractivity contribution in [2.45, 2.75) is 33.4 Å². The number of imidazole rings is 1. The summed E-state index contributed by atoms with van der Waals surface area (Å²) in [7, 11) is 1.64. The first-order valence-corrected chi connectivity index (χ1v) is 9.50. The summed E-state index contributed by atoms with van der Waals surface area (Å²) < 4.78 is 4.54. The Hall–Kier alpha value is -2.87. The van der Waals surface area contributed by atoms with Gasteiger partial charge in [-0.3, -0.25) is 18.5 Å². The number of hydrazone groups is 1. The van der Waals surface area contributed by atoms with Crippen molar-refractivity contribution in [1.29, 1.82) is 0 Å². The number of fused-ring (bicyclic) bond motifs is 3. The molecule has 0 fully saturated rings. The van der Waals surface area contributed by atoms with Crippen LogP contribution >= 0.6 is 11.6 Å². The van der Waals surface area contributed by atoms with Crippen LogP contribution in [0.4, 0.5) is 5.95 Å². The molecule has 1 aliphatic heterocycles. The fourth-order valence-electron chi connectivity index (χ4n) is 3.51. The zero-order valence-corrected chi connectivity index (χ0v) is 16.9. The van der Waals surface area contributed by atoms with Crippen LogP contribution in [-0.4, -0.2) is 30.9 Å². The van der Waals surface area contributed by atoms with Crippen LogP contribution in [-0.2, 0) is 13.6 Å². The SMILES string of the molecule is CCN1N=C(C)[C@@H](C)n2c1nc1c2c(=O)n(Cc2ccc(Cl)cc2)c(=O)n1C. The van der Waals surface area contributed by atoms with Crippen LogP contribution in [0.25, 0.3) is 11.2 Å². The second-order valence-corrected chi connectivity index (χ2v) is 7.38. The normalized spacial score (nSPS) is 16.4. The fourth-order valence-corrected chi connectivity index (χ4v) is 3.63. The van der Waals surface area contributed by atoms with E-state index in [9.17, 15) is 9.59 Å². The van der Waals surface area contributed by atoms with Gasteiger partial charge in [-0.05, 0) is 38.5 Å². The first-order chi connectivity index (χ1) is 13.3. The molecule has 1 aromatic carbocycles. The van der Waals surface area contributed by atoms with E-state index in [2.05, 4.69) is 10.1 Å². The number of rotatable bonds is 3. The van der Waals surface area contributed by atoms with Gasteiger partial charge >= 0.3 is 5.69 Å². The Morgan fingerprint density at radius 3 is 2.50 bits per heavy atom. The summed E-state index contributed by atoms with van der Waals surface area (Å²) in [5.74, 6) is 0.576. The fraction of sp³-hybridized carbons (Fsp3) is 0.368. The lowest BCUT2D eigenvalue weighted by atomic mass is 10.2. The topological polar surface area (TPSA) is 77.4 Å². The van der Waals surface area contributed by atoms with Crippen LogP contribution in [0, 0.1) is 0 Å². The van der Waals surface area contributed by atoms with E-state index in [1.807, 2.05) is 37.5 Å². The van der Waals surface area contributed by atoms with Gasteiger partial charge in [0.1, 0.15) is 0 Å². The monoisotopic (exact) mass is 400 g/mol. The lowest BCUT2D eigenvalue weighted by Gasteiger charge is -2.28. The van der Waals surface area contributed by atoms with Crippen LogP contribution < -0.4 is 16.3 Å². The molecule has 3 heterocycles. The van der Waals surface area contributed by atoms with Gasteiger partial charge in [-0.1, -0.05) is 23.7 Å². The molecule has 146 valence electrons. The van der Waals surface area contributed by atoms with Gasteiger partial charge in [0.2, 0.25) is 5.95 Å². The average Bonchev–Trinajstić information content (AvgIpc) is 3.09. The highest BCUT2D eigenvalue weighted by molar-refractivity contribution is 6.30. The summed E-state index contributed by atoms with van der Waals surface area (Å²) in [5.41, 5.74) is 1.72. The number of aryl methyl sites for hydroxylation is 1. The Morgan fingerprint density at radius 2 is 1.86 bits per heavy atom. The Balaban J connectivity index is 1.99. The highest BCUT2D eigenvalue weighted by atomic mass is 35.5. The molecule has 0 unspecified atom stereocenters. The van der Waals surface area contributed by atoms with E-state index >= 15 is 0 Å². The van der Waals surface area contributed by atoms with Gasteiger partial charge in [0.15, 0.2) is 11.2 Å². The lowest BCUT2D eigenvalue weighted by Crippen LogP contribution is -2.40. The predicted octanol–water partition coefficient (Wildman–Crippen LogP) is 2.38. The Labute approximate surface area is 166 Å². The molecule has 0 bridgehead atoms. The number of hydrogen-bond acceptors (Lipinski definition) is 5. The van der Waals surface area contributed by atoms with Gasteiger partial charge < -0.3 is 0 Å². The molecule has 4 rings (SSSR count). The van der Waals surface area contributed by atoms with Crippen molar-refractivity contribution in [3.05, 3.63) is 55.7 Å². The number of hydrogen-bond donors (Lipinski definition) is 0. The summed E-state index contributed by atoms with van der Waals surface area (Å²) in [6, 6.07) is 6.97. The maximum Gasteiger partial charge on any atom is 0.332 e. The van der Waals surface area contributed by atoms with Crippen molar-refractivity contribution in [2.24, 2.45) is 12.1 Å². The first kappa shape index (κ1) is 18.5. The molecule has 3 aromatic rings. The summed E-state index contributed by atoms with van der Waals surface area (Å²) in [6.07, 6.45) is 0. The molecule has 0 radical (unpaired) electrons. The van der Waals surface area contributed by atoms with E-state index < -0.39 is 5.69 Å². The third kappa shape index (κ3) is 2.67. The molecule has 0 aliphatic carbocycles. The van der Waals surface area contributed by atoms with E-state index in [0.717, 1.165) is 11.3 Å². The lowest BCUT2D eigenvalue weighted by molar-refractivity contribution is 0.631. The number of nitrogens with zero attached hydrogens (tertiary/aromatic N) is 6. The molecule has 0 spiro atoms. The second-order valence-electron chi connectivity index (χ2n) is 6.95. The number of aromatic nitrogens is 4. The van der Waals surface area contributed by atoms with Gasteiger partial charge in [0.25, 0.3) is 5.56 Å². The van der Waals surface area contributed by atoms with Crippen LogP contribution in [0.3, 0.4) is 0 Å². The van der Waals surface area contributed by atoms with Crippen molar-refractivity contribution in [3.63, 3.8) is 0 Å². The summed E-state index contributed by atoms with van der Waals surface area (Å²) in [6.45, 7) is 6.65. The summed E-state index contributed by atoms with van der Waals surface area (Å²) in [5, 5.41) is 6.91. The minimum atomic E-state index is -0.406. The summed E-state index contributed by atoms with van der Waals surface area (Å²) >= 11 is 5.94. The smallest absolute Gasteiger partial charge is 0.294 e. The van der Waals surface area contributed by atoms with Crippen LogP contribution in [0.2, 0.25) is 5.02 Å². The van der Waals surface area contributed by atoms with Gasteiger partial charge in [-0.25, -0.2) is 9.80 Å². The minimum absolute atomic E-state index is 0.128. The molecular formula is C19H21ClN6O2. The van der Waals surface area contributed by atoms with Crippen molar-refractivity contribution in [1.82, 2.24) is 18.7 Å². The largest absolute Gasteiger partial charge is 0.332 e. The third-order valence-corrected chi connectivity index (χ3v) is 5.46. The van der Waals surface area contributed by atoms with Gasteiger partial charge in [0.05, 0.1) is 18.3 Å². The predicted molar refractivity (Wildman–Crippen MR) is 111 cm³/mol. The van der Waals surface area contributed by atoms with Crippen molar-refractivity contribution in [3.8, 4) is 0 Å². The maximum atomic E-state index is 13.4. The maximum absolute atomic E-state index is 13.4. The van der Waals surface area contributed by atoms with Crippen molar-refractivity contribution in [2.75, 3.05) is 11.6 Å². The van der Waals surface area contributed by atoms with E-state index in [1.165, 1.54) is 9.13 Å². The molecule has 2 aromatic heterocycles. The van der Waals surface area contributed by atoms with Gasteiger partial charge in [-0.2, -0.15) is 10.1 Å². The van der Waals surface area contributed by atoms with E-state index in [-0.39, 0.29) is 18.1 Å². The Morgan fingerprint density at radius 1 is 1.18 bits per heavy atom. The molecule has 0 N–H and O–H groups in total. The molecule has 28 heavy (non-hydrogen) atoms. The van der Waals surface area contributed by atoms with Crippen LogP contribution in [0.1, 0.15) is 32.4 Å². The Bertz CT molecular complexity index is 1220. The standard InChI is InChI=1S/C19H21ClN6O2/c1-5-25-18-21-16-15(26(18)12(3)11(2)22-25)17(27)24(19(28)23(16)4)10-13-6-8-14(20)9-7-13/h6-9,12H,5,10H2,1-4H3/t12-/m1/s1. The third-order valence-electron chi connectivity index (χ3n) is 5.21. The average molecular weight is 401 g/mol. The van der Waals surface area contributed by atoms with E-state index in [1.54, 1.807) is 24.2 Å². The molecule has 0 amide bonds. The van der Waals surface area contributed by atoms with Crippen molar-refractivity contribution >= 4 is 34.4 Å². The van der Waals surface area contributed by atoms with E-state index in [0.29, 0.717) is 28.7 Å². The molecule has 9 heteroatoms. The Kier molecular flexibility index (Phi) is 4.38. The summed E-state index contributed by atoms with van der Waals surface area (Å²) in [4.78, 5) is 30.8. The molecule has 0 saturated carbocycles.